The highest BCUT2D eigenvalue weighted by atomic mass is 16.5. The Morgan fingerprint density at radius 2 is 1.73 bits per heavy atom. The van der Waals surface area contributed by atoms with Gasteiger partial charge in [0.2, 0.25) is 5.91 Å². The molecule has 0 unspecified atom stereocenters. The molecular weight excluding hydrogens is 372 g/mol. The summed E-state index contributed by atoms with van der Waals surface area (Å²) in [6, 6.07) is 25.7. The van der Waals surface area contributed by atoms with Crippen LogP contribution in [0.3, 0.4) is 0 Å². The van der Waals surface area contributed by atoms with Gasteiger partial charge in [-0.3, -0.25) is 10.1 Å². The molecule has 30 heavy (non-hydrogen) atoms. The Labute approximate surface area is 178 Å². The lowest BCUT2D eigenvalue weighted by Crippen LogP contribution is -2.36. The van der Waals surface area contributed by atoms with Crippen LogP contribution in [0.15, 0.2) is 78.9 Å². The first-order valence-corrected chi connectivity index (χ1v) is 10.7. The minimum Gasteiger partial charge on any atom is -0.492 e. The molecular formula is C26H28N2O2. The lowest BCUT2D eigenvalue weighted by Gasteiger charge is -2.30. The Hall–Kier alpha value is -3.11. The molecule has 4 heteroatoms. The van der Waals surface area contributed by atoms with Gasteiger partial charge in [-0.15, -0.1) is 0 Å². The van der Waals surface area contributed by atoms with Crippen molar-refractivity contribution in [1.29, 1.82) is 0 Å². The van der Waals surface area contributed by atoms with Crippen LogP contribution in [-0.4, -0.2) is 12.5 Å². The highest BCUT2D eigenvalue weighted by molar-refractivity contribution is 5.96. The van der Waals surface area contributed by atoms with Gasteiger partial charge in [-0.25, -0.2) is 0 Å². The lowest BCUT2D eigenvalue weighted by atomic mass is 9.87. The van der Waals surface area contributed by atoms with E-state index in [9.17, 15) is 4.79 Å². The Bertz CT molecular complexity index is 987. The van der Waals surface area contributed by atoms with E-state index in [2.05, 4.69) is 34.9 Å². The molecule has 0 spiro atoms. The van der Waals surface area contributed by atoms with Gasteiger partial charge in [0.05, 0.1) is 12.3 Å². The second-order valence-corrected chi connectivity index (χ2v) is 7.57. The molecule has 0 bridgehead atoms. The van der Waals surface area contributed by atoms with Crippen molar-refractivity contribution in [2.75, 3.05) is 11.9 Å². The van der Waals surface area contributed by atoms with Crippen LogP contribution in [-0.2, 0) is 11.2 Å². The van der Waals surface area contributed by atoms with E-state index in [0.29, 0.717) is 18.0 Å². The van der Waals surface area contributed by atoms with Gasteiger partial charge < -0.3 is 10.1 Å². The quantitative estimate of drug-likeness (QED) is 0.556. The van der Waals surface area contributed by atoms with E-state index in [0.717, 1.165) is 24.8 Å². The van der Waals surface area contributed by atoms with Crippen LogP contribution in [0.25, 0.3) is 0 Å². The number of fused-ring (bicyclic) bond motifs is 1. The van der Waals surface area contributed by atoms with Crippen molar-refractivity contribution in [3.05, 3.63) is 95.6 Å². The molecule has 3 aromatic rings. The van der Waals surface area contributed by atoms with Crippen LogP contribution in [0.2, 0.25) is 0 Å². The van der Waals surface area contributed by atoms with Crippen molar-refractivity contribution in [2.45, 2.75) is 38.3 Å². The standard InChI is InChI=1S/C26H28N2O2/c1-2-30-24-18-9-8-16-23(24)28-26(29)25(20-12-4-3-5-13-20)27-22-17-10-14-19-11-6-7-15-21(19)22/h3-9,11-13,15-16,18,22,25,27H,2,10,14,17H2,1H3,(H,28,29)/t22-,25-/m0/s1. The summed E-state index contributed by atoms with van der Waals surface area (Å²) in [4.78, 5) is 13.4. The van der Waals surface area contributed by atoms with E-state index in [1.165, 1.54) is 11.1 Å². The number of hydrogen-bond acceptors (Lipinski definition) is 3. The van der Waals surface area contributed by atoms with Crippen LogP contribution in [0.4, 0.5) is 5.69 Å². The van der Waals surface area contributed by atoms with Crippen LogP contribution in [0.5, 0.6) is 5.75 Å². The number of para-hydroxylation sites is 2. The second kappa shape index (κ2) is 9.59. The van der Waals surface area contributed by atoms with Crippen molar-refractivity contribution in [3.8, 4) is 5.75 Å². The molecule has 1 amide bonds. The van der Waals surface area contributed by atoms with Gasteiger partial charge in [0, 0.05) is 6.04 Å². The van der Waals surface area contributed by atoms with E-state index >= 15 is 0 Å². The fraction of sp³-hybridized carbons (Fsp3) is 0.269. The van der Waals surface area contributed by atoms with E-state index < -0.39 is 6.04 Å². The first-order valence-electron chi connectivity index (χ1n) is 10.7. The third-order valence-corrected chi connectivity index (χ3v) is 5.58. The van der Waals surface area contributed by atoms with Crippen LogP contribution in [0.1, 0.15) is 48.5 Å². The minimum absolute atomic E-state index is 0.0867. The molecule has 0 aromatic heterocycles. The fourth-order valence-corrected chi connectivity index (χ4v) is 4.15. The minimum atomic E-state index is -0.461. The van der Waals surface area contributed by atoms with Crippen molar-refractivity contribution >= 4 is 11.6 Å². The van der Waals surface area contributed by atoms with Gasteiger partial charge in [-0.05, 0) is 55.0 Å². The number of aryl methyl sites for hydroxylation is 1. The number of hydrogen-bond donors (Lipinski definition) is 2. The molecule has 0 heterocycles. The lowest BCUT2D eigenvalue weighted by molar-refractivity contribution is -0.118. The summed E-state index contributed by atoms with van der Waals surface area (Å²) < 4.78 is 5.68. The molecule has 0 saturated carbocycles. The zero-order valence-corrected chi connectivity index (χ0v) is 17.3. The first-order chi connectivity index (χ1) is 14.8. The maximum absolute atomic E-state index is 13.4. The molecule has 1 aliphatic carbocycles. The van der Waals surface area contributed by atoms with E-state index in [4.69, 9.17) is 4.74 Å². The Balaban J connectivity index is 1.61. The maximum atomic E-state index is 13.4. The number of nitrogens with one attached hydrogen (secondary N) is 2. The molecule has 0 saturated heterocycles. The van der Waals surface area contributed by atoms with Gasteiger partial charge in [-0.2, -0.15) is 0 Å². The number of benzene rings is 3. The fourth-order valence-electron chi connectivity index (χ4n) is 4.15. The number of anilines is 1. The molecule has 4 rings (SSSR count). The normalized spacial score (nSPS) is 16.4. The maximum Gasteiger partial charge on any atom is 0.246 e. The summed E-state index contributed by atoms with van der Waals surface area (Å²) in [7, 11) is 0. The number of ether oxygens (including phenoxy) is 1. The van der Waals surface area contributed by atoms with E-state index in [-0.39, 0.29) is 11.9 Å². The average molecular weight is 401 g/mol. The van der Waals surface area contributed by atoms with Gasteiger partial charge in [0.15, 0.2) is 0 Å². The summed E-state index contributed by atoms with van der Waals surface area (Å²) in [5.41, 5.74) is 4.31. The van der Waals surface area contributed by atoms with Crippen LogP contribution >= 0.6 is 0 Å². The Morgan fingerprint density at radius 1 is 1.00 bits per heavy atom. The van der Waals surface area contributed by atoms with Crippen molar-refractivity contribution in [1.82, 2.24) is 5.32 Å². The Morgan fingerprint density at radius 3 is 2.57 bits per heavy atom. The molecule has 0 radical (unpaired) electrons. The van der Waals surface area contributed by atoms with E-state index in [1.807, 2.05) is 61.5 Å². The number of carbonyl (C=O) groups excluding carboxylic acids is 1. The average Bonchev–Trinajstić information content (AvgIpc) is 2.79. The molecule has 2 N–H and O–H groups in total. The summed E-state index contributed by atoms with van der Waals surface area (Å²) in [5, 5.41) is 6.73. The van der Waals surface area contributed by atoms with Crippen LogP contribution in [0, 0.1) is 0 Å². The SMILES string of the molecule is CCOc1ccccc1NC(=O)[C@@H](N[C@H]1CCCc2ccccc21)c1ccccc1. The molecule has 0 fully saturated rings. The first kappa shape index (κ1) is 20.2. The monoisotopic (exact) mass is 400 g/mol. The number of carbonyl (C=O) groups is 1. The topological polar surface area (TPSA) is 50.4 Å². The van der Waals surface area contributed by atoms with Gasteiger partial charge >= 0.3 is 0 Å². The van der Waals surface area contributed by atoms with Gasteiger partial charge in [-0.1, -0.05) is 66.7 Å². The third-order valence-electron chi connectivity index (χ3n) is 5.58. The summed E-state index contributed by atoms with van der Waals surface area (Å²) in [5.74, 6) is 0.597. The predicted octanol–water partition coefficient (Wildman–Crippen LogP) is 5.43. The number of rotatable bonds is 7. The molecule has 2 atom stereocenters. The third kappa shape index (κ3) is 4.55. The van der Waals surface area contributed by atoms with Crippen molar-refractivity contribution in [3.63, 3.8) is 0 Å². The largest absolute Gasteiger partial charge is 0.492 e. The molecule has 1 aliphatic rings. The van der Waals surface area contributed by atoms with Crippen LogP contribution < -0.4 is 15.4 Å². The number of amides is 1. The Kier molecular flexibility index (Phi) is 6.45. The highest BCUT2D eigenvalue weighted by Crippen LogP contribution is 2.32. The molecule has 0 aliphatic heterocycles. The molecule has 4 nitrogen and oxygen atoms in total. The van der Waals surface area contributed by atoms with Crippen molar-refractivity contribution in [2.24, 2.45) is 0 Å². The van der Waals surface area contributed by atoms with E-state index in [1.54, 1.807) is 0 Å². The van der Waals surface area contributed by atoms with Gasteiger partial charge in [0.25, 0.3) is 0 Å². The predicted molar refractivity (Wildman–Crippen MR) is 121 cm³/mol. The summed E-state index contributed by atoms with van der Waals surface area (Å²) >= 11 is 0. The molecule has 3 aromatic carbocycles. The molecule has 154 valence electrons. The highest BCUT2D eigenvalue weighted by Gasteiger charge is 2.28. The smallest absolute Gasteiger partial charge is 0.246 e. The second-order valence-electron chi connectivity index (χ2n) is 7.57. The summed E-state index contributed by atoms with van der Waals surface area (Å²) in [6.45, 7) is 2.49. The zero-order valence-electron chi connectivity index (χ0n) is 17.3. The zero-order chi connectivity index (χ0) is 20.8. The van der Waals surface area contributed by atoms with Crippen molar-refractivity contribution < 1.29 is 9.53 Å². The summed E-state index contributed by atoms with van der Waals surface area (Å²) in [6.07, 6.45) is 3.23. The van der Waals surface area contributed by atoms with Gasteiger partial charge in [0.1, 0.15) is 11.8 Å².